The zero-order valence-electron chi connectivity index (χ0n) is 13.9. The molecule has 23 heavy (non-hydrogen) atoms. The van der Waals surface area contributed by atoms with Crippen LogP contribution in [0.25, 0.3) is 0 Å². The van der Waals surface area contributed by atoms with Crippen LogP contribution in [0.4, 0.5) is 5.69 Å². The molecule has 0 bridgehead atoms. The topological polar surface area (TPSA) is 58.2 Å². The summed E-state index contributed by atoms with van der Waals surface area (Å²) in [7, 11) is 0. The van der Waals surface area contributed by atoms with Crippen molar-refractivity contribution >= 4 is 29.3 Å². The Morgan fingerprint density at radius 3 is 2.43 bits per heavy atom. The minimum Gasteiger partial charge on any atom is -0.355 e. The third-order valence-corrected chi connectivity index (χ3v) is 5.26. The molecular weight excluding hydrogens is 308 g/mol. The second-order valence-electron chi connectivity index (χ2n) is 6.21. The standard InChI is InChI=1S/C18H26N2O2S/c1-13(18(22)19-12-15-6-4-3-5-7-15)23-17-10-8-16(9-11-17)20-14(2)21/h8-11,13,15H,3-7,12H2,1-2H3,(H,19,22)(H,20,21)/t13-/m0/s1. The molecule has 2 amide bonds. The maximum Gasteiger partial charge on any atom is 0.233 e. The number of rotatable bonds is 6. The van der Waals surface area contributed by atoms with Crippen molar-refractivity contribution in [1.82, 2.24) is 5.32 Å². The van der Waals surface area contributed by atoms with Crippen molar-refractivity contribution in [3.05, 3.63) is 24.3 Å². The minimum absolute atomic E-state index is 0.0825. The Kier molecular flexibility index (Phi) is 6.96. The molecular formula is C18H26N2O2S. The van der Waals surface area contributed by atoms with Crippen molar-refractivity contribution in [2.45, 2.75) is 56.1 Å². The monoisotopic (exact) mass is 334 g/mol. The van der Waals surface area contributed by atoms with Crippen LogP contribution < -0.4 is 10.6 Å². The van der Waals surface area contributed by atoms with Crippen LogP contribution in [0.15, 0.2) is 29.2 Å². The van der Waals surface area contributed by atoms with Crippen LogP contribution in [-0.2, 0) is 9.59 Å². The van der Waals surface area contributed by atoms with Gasteiger partial charge in [-0.1, -0.05) is 19.3 Å². The SMILES string of the molecule is CC(=O)Nc1ccc(S[C@@H](C)C(=O)NCC2CCCCC2)cc1. The average Bonchev–Trinajstić information content (AvgIpc) is 2.55. The fourth-order valence-corrected chi connectivity index (χ4v) is 3.75. The molecule has 0 aliphatic heterocycles. The van der Waals surface area contributed by atoms with Gasteiger partial charge in [0.2, 0.25) is 11.8 Å². The molecule has 1 fully saturated rings. The first-order valence-electron chi connectivity index (χ1n) is 8.36. The zero-order chi connectivity index (χ0) is 16.7. The van der Waals surface area contributed by atoms with E-state index in [1.165, 1.54) is 39.0 Å². The van der Waals surface area contributed by atoms with Crippen molar-refractivity contribution in [3.8, 4) is 0 Å². The van der Waals surface area contributed by atoms with Gasteiger partial charge in [-0.05, 0) is 49.9 Å². The highest BCUT2D eigenvalue weighted by atomic mass is 32.2. The van der Waals surface area contributed by atoms with Gasteiger partial charge in [0.1, 0.15) is 0 Å². The lowest BCUT2D eigenvalue weighted by atomic mass is 9.89. The van der Waals surface area contributed by atoms with E-state index in [1.54, 1.807) is 11.8 Å². The van der Waals surface area contributed by atoms with Crippen molar-refractivity contribution in [3.63, 3.8) is 0 Å². The smallest absolute Gasteiger partial charge is 0.233 e. The third kappa shape index (κ3) is 6.26. The van der Waals surface area contributed by atoms with Crippen molar-refractivity contribution < 1.29 is 9.59 Å². The van der Waals surface area contributed by atoms with E-state index >= 15 is 0 Å². The van der Waals surface area contributed by atoms with Crippen molar-refractivity contribution in [1.29, 1.82) is 0 Å². The van der Waals surface area contributed by atoms with Crippen LogP contribution in [-0.4, -0.2) is 23.6 Å². The minimum atomic E-state index is -0.120. The summed E-state index contributed by atoms with van der Waals surface area (Å²) < 4.78 is 0. The van der Waals surface area contributed by atoms with Crippen molar-refractivity contribution in [2.75, 3.05) is 11.9 Å². The zero-order valence-corrected chi connectivity index (χ0v) is 14.7. The van der Waals surface area contributed by atoms with Crippen LogP contribution in [0.5, 0.6) is 0 Å². The molecule has 2 rings (SSSR count). The van der Waals surface area contributed by atoms with Gasteiger partial charge < -0.3 is 10.6 Å². The number of carbonyl (C=O) groups excluding carboxylic acids is 2. The molecule has 1 aromatic carbocycles. The maximum atomic E-state index is 12.2. The van der Waals surface area contributed by atoms with Gasteiger partial charge in [-0.25, -0.2) is 0 Å². The lowest BCUT2D eigenvalue weighted by molar-refractivity contribution is -0.120. The molecule has 1 aliphatic carbocycles. The summed E-state index contributed by atoms with van der Waals surface area (Å²) in [4.78, 5) is 24.2. The first-order valence-corrected chi connectivity index (χ1v) is 9.24. The predicted molar refractivity (Wildman–Crippen MR) is 95.6 cm³/mol. The summed E-state index contributed by atoms with van der Waals surface area (Å²) in [6.07, 6.45) is 6.42. The third-order valence-electron chi connectivity index (χ3n) is 4.15. The highest BCUT2D eigenvalue weighted by molar-refractivity contribution is 8.00. The van der Waals surface area contributed by atoms with E-state index in [9.17, 15) is 9.59 Å². The van der Waals surface area contributed by atoms with Crippen LogP contribution in [0.2, 0.25) is 0 Å². The Bertz CT molecular complexity index is 524. The number of anilines is 1. The largest absolute Gasteiger partial charge is 0.355 e. The Hall–Kier alpha value is -1.49. The number of hydrogen-bond donors (Lipinski definition) is 2. The summed E-state index contributed by atoms with van der Waals surface area (Å²) >= 11 is 1.54. The van der Waals surface area contributed by atoms with Crippen molar-refractivity contribution in [2.24, 2.45) is 5.92 Å². The van der Waals surface area contributed by atoms with Crippen LogP contribution in [0.1, 0.15) is 46.0 Å². The second-order valence-corrected chi connectivity index (χ2v) is 7.63. The van der Waals surface area contributed by atoms with E-state index in [0.29, 0.717) is 5.92 Å². The number of amides is 2. The fraction of sp³-hybridized carbons (Fsp3) is 0.556. The van der Waals surface area contributed by atoms with Gasteiger partial charge in [0, 0.05) is 24.1 Å². The quantitative estimate of drug-likeness (QED) is 0.778. The first-order chi connectivity index (χ1) is 11.0. The maximum absolute atomic E-state index is 12.2. The van der Waals surface area contributed by atoms with E-state index in [-0.39, 0.29) is 17.1 Å². The molecule has 1 saturated carbocycles. The van der Waals surface area contributed by atoms with Gasteiger partial charge in [-0.15, -0.1) is 11.8 Å². The summed E-state index contributed by atoms with van der Waals surface area (Å²) in [6.45, 7) is 4.23. The molecule has 2 N–H and O–H groups in total. The summed E-state index contributed by atoms with van der Waals surface area (Å²) in [6, 6.07) is 7.58. The Labute approximate surface area is 142 Å². The second kappa shape index (κ2) is 8.96. The van der Waals surface area contributed by atoms with E-state index in [2.05, 4.69) is 10.6 Å². The lowest BCUT2D eigenvalue weighted by Gasteiger charge is -2.22. The summed E-state index contributed by atoms with van der Waals surface area (Å²) in [5.74, 6) is 0.675. The van der Waals surface area contributed by atoms with E-state index in [1.807, 2.05) is 31.2 Å². The number of carbonyl (C=O) groups is 2. The molecule has 0 spiro atoms. The first kappa shape index (κ1) is 17.9. The van der Waals surface area contributed by atoms with Crippen LogP contribution >= 0.6 is 11.8 Å². The van der Waals surface area contributed by atoms with Gasteiger partial charge in [0.05, 0.1) is 5.25 Å². The highest BCUT2D eigenvalue weighted by Crippen LogP contribution is 2.26. The Balaban J connectivity index is 1.77. The fourth-order valence-electron chi connectivity index (χ4n) is 2.86. The van der Waals surface area contributed by atoms with Gasteiger partial charge in [-0.3, -0.25) is 9.59 Å². The Morgan fingerprint density at radius 1 is 1.17 bits per heavy atom. The molecule has 0 heterocycles. The van der Waals surface area contributed by atoms with Gasteiger partial charge >= 0.3 is 0 Å². The molecule has 1 atom stereocenters. The predicted octanol–water partition coefficient (Wildman–Crippen LogP) is 3.82. The van der Waals surface area contributed by atoms with Gasteiger partial charge in [0.25, 0.3) is 0 Å². The molecule has 5 heteroatoms. The van der Waals surface area contributed by atoms with Crippen LogP contribution in [0.3, 0.4) is 0 Å². The molecule has 0 saturated heterocycles. The Morgan fingerprint density at radius 2 is 1.83 bits per heavy atom. The van der Waals surface area contributed by atoms with Gasteiger partial charge in [-0.2, -0.15) is 0 Å². The summed E-state index contributed by atoms with van der Waals surface area (Å²) in [5.41, 5.74) is 0.774. The molecule has 1 aliphatic rings. The average molecular weight is 334 g/mol. The molecule has 0 radical (unpaired) electrons. The molecule has 0 aromatic heterocycles. The number of thioether (sulfide) groups is 1. The lowest BCUT2D eigenvalue weighted by Crippen LogP contribution is -2.35. The molecule has 0 unspecified atom stereocenters. The highest BCUT2D eigenvalue weighted by Gasteiger charge is 2.18. The van der Waals surface area contributed by atoms with E-state index in [4.69, 9.17) is 0 Å². The van der Waals surface area contributed by atoms with E-state index in [0.717, 1.165) is 17.1 Å². The normalized spacial score (nSPS) is 16.6. The number of hydrogen-bond acceptors (Lipinski definition) is 3. The van der Waals surface area contributed by atoms with E-state index < -0.39 is 0 Å². The number of benzene rings is 1. The van der Waals surface area contributed by atoms with Crippen LogP contribution in [0, 0.1) is 5.92 Å². The molecule has 126 valence electrons. The summed E-state index contributed by atoms with van der Waals surface area (Å²) in [5, 5.41) is 5.71. The van der Waals surface area contributed by atoms with Gasteiger partial charge in [0.15, 0.2) is 0 Å². The number of nitrogens with one attached hydrogen (secondary N) is 2. The molecule has 4 nitrogen and oxygen atoms in total. The molecule has 1 aromatic rings.